The lowest BCUT2D eigenvalue weighted by Gasteiger charge is -2.08. The largest absolute Gasteiger partial charge is 0.462 e. The van der Waals surface area contributed by atoms with Crippen molar-refractivity contribution in [2.45, 2.75) is 33.7 Å². The number of nitrogens with zero attached hydrogens (tertiary/aromatic N) is 1. The van der Waals surface area contributed by atoms with E-state index in [1.165, 1.54) is 22.7 Å². The third-order valence-electron chi connectivity index (χ3n) is 4.63. The summed E-state index contributed by atoms with van der Waals surface area (Å²) in [6, 6.07) is 9.81. The highest BCUT2D eigenvalue weighted by atomic mass is 32.1. The Bertz CT molecular complexity index is 1120. The van der Waals surface area contributed by atoms with Crippen LogP contribution < -0.4 is 10.6 Å². The molecule has 0 aliphatic heterocycles. The Labute approximate surface area is 200 Å². The Kier molecular flexibility index (Phi) is 8.56. The van der Waals surface area contributed by atoms with Gasteiger partial charge in [-0.2, -0.15) is 0 Å². The van der Waals surface area contributed by atoms with Gasteiger partial charge in [0.05, 0.1) is 12.2 Å². The first-order valence-corrected chi connectivity index (χ1v) is 12.1. The van der Waals surface area contributed by atoms with E-state index in [4.69, 9.17) is 9.47 Å². The number of hydrogen-bond donors (Lipinski definition) is 2. The van der Waals surface area contributed by atoms with Crippen molar-refractivity contribution in [1.29, 1.82) is 0 Å². The normalized spacial score (nSPS) is 10.5. The minimum absolute atomic E-state index is 0.121. The summed E-state index contributed by atoms with van der Waals surface area (Å²) in [4.78, 5) is 42.2. The number of hydrogen-bond acceptors (Lipinski definition) is 9. The smallest absolute Gasteiger partial charge is 0.358 e. The SMILES string of the molecule is CCOC(=O)c1c(NC(=O)COC(=O)c2csc(NCc3ccccc3)n2)sc(C)c1CC. The number of thiazole rings is 1. The summed E-state index contributed by atoms with van der Waals surface area (Å²) in [5, 5.41) is 8.36. The zero-order valence-corrected chi connectivity index (χ0v) is 20.2. The van der Waals surface area contributed by atoms with Crippen LogP contribution in [0.25, 0.3) is 0 Å². The van der Waals surface area contributed by atoms with Gasteiger partial charge in [-0.1, -0.05) is 37.3 Å². The number of nitrogens with one attached hydrogen (secondary N) is 2. The number of carbonyl (C=O) groups excluding carboxylic acids is 3. The number of anilines is 2. The van der Waals surface area contributed by atoms with Gasteiger partial charge in [0.15, 0.2) is 17.4 Å². The summed E-state index contributed by atoms with van der Waals surface area (Å²) in [6.07, 6.45) is 0.631. The molecule has 8 nitrogen and oxygen atoms in total. The quantitative estimate of drug-likeness (QED) is 0.401. The summed E-state index contributed by atoms with van der Waals surface area (Å²) in [6.45, 7) is 5.85. The number of amides is 1. The summed E-state index contributed by atoms with van der Waals surface area (Å²) in [7, 11) is 0. The first-order chi connectivity index (χ1) is 15.9. The average molecular weight is 488 g/mol. The Morgan fingerprint density at radius 2 is 1.82 bits per heavy atom. The molecule has 0 saturated heterocycles. The molecule has 10 heteroatoms. The number of rotatable bonds is 10. The third-order valence-corrected chi connectivity index (χ3v) is 6.49. The Hall–Kier alpha value is -3.24. The minimum atomic E-state index is -0.698. The minimum Gasteiger partial charge on any atom is -0.462 e. The van der Waals surface area contributed by atoms with E-state index < -0.39 is 24.5 Å². The second-order valence-corrected chi connectivity index (χ2v) is 9.00. The molecule has 1 amide bonds. The molecule has 3 aromatic rings. The molecule has 0 atom stereocenters. The van der Waals surface area contributed by atoms with Crippen LogP contribution in [0.1, 0.15) is 50.7 Å². The summed E-state index contributed by atoms with van der Waals surface area (Å²) in [5.41, 5.74) is 2.40. The van der Waals surface area contributed by atoms with Crippen molar-refractivity contribution >= 4 is 50.7 Å². The van der Waals surface area contributed by atoms with Crippen LogP contribution in [0, 0.1) is 6.92 Å². The molecule has 0 radical (unpaired) electrons. The van der Waals surface area contributed by atoms with Gasteiger partial charge in [-0.15, -0.1) is 22.7 Å². The monoisotopic (exact) mass is 487 g/mol. The molecule has 0 aliphatic rings. The lowest BCUT2D eigenvalue weighted by molar-refractivity contribution is -0.119. The van der Waals surface area contributed by atoms with E-state index >= 15 is 0 Å². The molecule has 2 N–H and O–H groups in total. The fourth-order valence-corrected chi connectivity index (χ4v) is 4.93. The zero-order chi connectivity index (χ0) is 23.8. The van der Waals surface area contributed by atoms with Crippen LogP contribution in [0.5, 0.6) is 0 Å². The first kappa shape index (κ1) is 24.4. The average Bonchev–Trinajstić information content (AvgIpc) is 3.41. The van der Waals surface area contributed by atoms with Crippen LogP contribution in [0.2, 0.25) is 0 Å². The topological polar surface area (TPSA) is 107 Å². The highest BCUT2D eigenvalue weighted by Crippen LogP contribution is 2.34. The zero-order valence-electron chi connectivity index (χ0n) is 18.6. The maximum Gasteiger partial charge on any atom is 0.358 e. The number of aromatic nitrogens is 1. The highest BCUT2D eigenvalue weighted by molar-refractivity contribution is 7.16. The van der Waals surface area contributed by atoms with E-state index in [1.807, 2.05) is 44.2 Å². The summed E-state index contributed by atoms with van der Waals surface area (Å²) in [5.74, 6) is -1.73. The predicted molar refractivity (Wildman–Crippen MR) is 129 cm³/mol. The van der Waals surface area contributed by atoms with Gasteiger partial charge < -0.3 is 20.1 Å². The molecule has 33 heavy (non-hydrogen) atoms. The van der Waals surface area contributed by atoms with Crippen molar-refractivity contribution in [3.05, 3.63) is 63.0 Å². The Morgan fingerprint density at radius 3 is 2.52 bits per heavy atom. The molecule has 1 aromatic carbocycles. The molecule has 0 saturated carbocycles. The molecule has 3 rings (SSSR count). The van der Waals surface area contributed by atoms with Crippen LogP contribution >= 0.6 is 22.7 Å². The van der Waals surface area contributed by atoms with Crippen molar-refractivity contribution in [2.24, 2.45) is 0 Å². The van der Waals surface area contributed by atoms with Crippen molar-refractivity contribution in [3.8, 4) is 0 Å². The fraction of sp³-hybridized carbons (Fsp3) is 0.304. The van der Waals surface area contributed by atoms with Gasteiger partial charge >= 0.3 is 11.9 Å². The van der Waals surface area contributed by atoms with Crippen LogP contribution in [0.4, 0.5) is 10.1 Å². The number of aryl methyl sites for hydroxylation is 1. The van der Waals surface area contributed by atoms with Crippen molar-refractivity contribution in [1.82, 2.24) is 4.98 Å². The number of benzene rings is 1. The van der Waals surface area contributed by atoms with E-state index in [0.29, 0.717) is 28.7 Å². The maximum absolute atomic E-state index is 12.4. The lowest BCUT2D eigenvalue weighted by atomic mass is 10.1. The molecule has 2 aromatic heterocycles. The van der Waals surface area contributed by atoms with E-state index in [0.717, 1.165) is 16.0 Å². The maximum atomic E-state index is 12.4. The van der Waals surface area contributed by atoms with Crippen molar-refractivity contribution in [2.75, 3.05) is 23.8 Å². The van der Waals surface area contributed by atoms with Gasteiger partial charge in [-0.3, -0.25) is 4.79 Å². The predicted octanol–water partition coefficient (Wildman–Crippen LogP) is 4.66. The molecular weight excluding hydrogens is 462 g/mol. The molecule has 0 aliphatic carbocycles. The van der Waals surface area contributed by atoms with Gasteiger partial charge in [-0.05, 0) is 31.4 Å². The second kappa shape index (κ2) is 11.6. The Morgan fingerprint density at radius 1 is 1.06 bits per heavy atom. The first-order valence-electron chi connectivity index (χ1n) is 10.4. The standard InChI is InChI=1S/C23H25N3O5S2/c1-4-16-14(3)33-20(19(16)22(29)30-5-2)26-18(27)12-31-21(28)17-13-32-23(25-17)24-11-15-9-7-6-8-10-15/h6-10,13H,4-5,11-12H2,1-3H3,(H,24,25)(H,26,27). The second-order valence-electron chi connectivity index (χ2n) is 6.92. The number of thiophene rings is 1. The number of ether oxygens (including phenoxy) is 2. The molecule has 0 spiro atoms. The van der Waals surface area contributed by atoms with Gasteiger partial charge in [0.2, 0.25) is 0 Å². The molecule has 2 heterocycles. The van der Waals surface area contributed by atoms with E-state index in [1.54, 1.807) is 12.3 Å². The lowest BCUT2D eigenvalue weighted by Crippen LogP contribution is -2.22. The molecule has 0 bridgehead atoms. The van der Waals surface area contributed by atoms with Crippen LogP contribution in [-0.4, -0.2) is 36.0 Å². The van der Waals surface area contributed by atoms with Crippen molar-refractivity contribution in [3.63, 3.8) is 0 Å². The van der Waals surface area contributed by atoms with Crippen LogP contribution in [0.3, 0.4) is 0 Å². The van der Waals surface area contributed by atoms with Crippen LogP contribution in [0.15, 0.2) is 35.7 Å². The molecular formula is C23H25N3O5S2. The Balaban J connectivity index is 1.55. The molecule has 174 valence electrons. The van der Waals surface area contributed by atoms with Crippen molar-refractivity contribution < 1.29 is 23.9 Å². The summed E-state index contributed by atoms with van der Waals surface area (Å²) >= 11 is 2.57. The molecule has 0 fully saturated rings. The van der Waals surface area contributed by atoms with Crippen LogP contribution in [-0.2, 0) is 27.2 Å². The van der Waals surface area contributed by atoms with E-state index in [2.05, 4.69) is 15.6 Å². The van der Waals surface area contributed by atoms with Gasteiger partial charge in [-0.25, -0.2) is 14.6 Å². The highest BCUT2D eigenvalue weighted by Gasteiger charge is 2.24. The number of carbonyl (C=O) groups is 3. The van der Waals surface area contributed by atoms with E-state index in [-0.39, 0.29) is 12.3 Å². The van der Waals surface area contributed by atoms with E-state index in [9.17, 15) is 14.4 Å². The van der Waals surface area contributed by atoms with Gasteiger partial charge in [0, 0.05) is 16.8 Å². The molecule has 0 unspecified atom stereocenters. The fourth-order valence-electron chi connectivity index (χ4n) is 3.10. The third kappa shape index (κ3) is 6.39. The van der Waals surface area contributed by atoms with Gasteiger partial charge in [0.1, 0.15) is 5.00 Å². The number of esters is 2. The summed E-state index contributed by atoms with van der Waals surface area (Å²) < 4.78 is 10.2. The van der Waals surface area contributed by atoms with Gasteiger partial charge in [0.25, 0.3) is 5.91 Å².